The molecular formula is C14H19BrFN. The molecule has 1 aromatic rings. The molecule has 0 amide bonds. The number of rotatable bonds is 2. The standard InChI is InChI=1S/C14H19BrFN/c1-9-3-6-14(10(2)7-9)17-11-4-5-13(16)12(15)8-11/h4-5,8-10,14,17H,3,6-7H2,1-2H3. The average molecular weight is 300 g/mol. The fourth-order valence-corrected chi connectivity index (χ4v) is 3.06. The van der Waals surface area contributed by atoms with Gasteiger partial charge in [-0.2, -0.15) is 0 Å². The highest BCUT2D eigenvalue weighted by Crippen LogP contribution is 2.31. The number of benzene rings is 1. The minimum Gasteiger partial charge on any atom is -0.382 e. The Kier molecular flexibility index (Phi) is 4.08. The summed E-state index contributed by atoms with van der Waals surface area (Å²) in [4.78, 5) is 0. The lowest BCUT2D eigenvalue weighted by molar-refractivity contribution is 0.276. The van der Waals surface area contributed by atoms with Crippen LogP contribution in [0.15, 0.2) is 22.7 Å². The van der Waals surface area contributed by atoms with E-state index in [0.717, 1.165) is 11.6 Å². The van der Waals surface area contributed by atoms with Crippen LogP contribution in [0.25, 0.3) is 0 Å². The van der Waals surface area contributed by atoms with Gasteiger partial charge in [0.25, 0.3) is 0 Å². The molecule has 1 fully saturated rings. The molecule has 0 aromatic heterocycles. The van der Waals surface area contributed by atoms with Crippen LogP contribution in [0, 0.1) is 17.7 Å². The summed E-state index contributed by atoms with van der Waals surface area (Å²) in [6.07, 6.45) is 3.77. The summed E-state index contributed by atoms with van der Waals surface area (Å²) in [6.45, 7) is 4.62. The molecule has 1 aliphatic carbocycles. The Hall–Kier alpha value is -0.570. The summed E-state index contributed by atoms with van der Waals surface area (Å²) in [5, 5.41) is 3.52. The van der Waals surface area contributed by atoms with Crippen molar-refractivity contribution >= 4 is 21.6 Å². The highest BCUT2D eigenvalue weighted by atomic mass is 79.9. The van der Waals surface area contributed by atoms with Crippen LogP contribution < -0.4 is 5.32 Å². The first-order valence-electron chi connectivity index (χ1n) is 6.28. The van der Waals surface area contributed by atoms with Crippen LogP contribution in [0.3, 0.4) is 0 Å². The van der Waals surface area contributed by atoms with Crippen LogP contribution in [0.5, 0.6) is 0 Å². The maximum absolute atomic E-state index is 13.1. The molecule has 3 atom stereocenters. The number of hydrogen-bond acceptors (Lipinski definition) is 1. The average Bonchev–Trinajstić information content (AvgIpc) is 2.27. The monoisotopic (exact) mass is 299 g/mol. The molecule has 1 N–H and O–H groups in total. The zero-order valence-electron chi connectivity index (χ0n) is 10.3. The lowest BCUT2D eigenvalue weighted by Crippen LogP contribution is -2.32. The summed E-state index contributed by atoms with van der Waals surface area (Å²) in [5.41, 5.74) is 1.00. The molecular weight excluding hydrogens is 281 g/mol. The molecule has 2 rings (SSSR count). The van der Waals surface area contributed by atoms with Crippen molar-refractivity contribution in [3.8, 4) is 0 Å². The Morgan fingerprint density at radius 1 is 1.29 bits per heavy atom. The minimum absolute atomic E-state index is 0.208. The van der Waals surface area contributed by atoms with Gasteiger partial charge in [-0.3, -0.25) is 0 Å². The topological polar surface area (TPSA) is 12.0 Å². The molecule has 0 spiro atoms. The van der Waals surface area contributed by atoms with Crippen molar-refractivity contribution < 1.29 is 4.39 Å². The Balaban J connectivity index is 2.02. The maximum Gasteiger partial charge on any atom is 0.137 e. The molecule has 1 aromatic carbocycles. The van der Waals surface area contributed by atoms with Gasteiger partial charge in [0.2, 0.25) is 0 Å². The molecule has 0 saturated heterocycles. The molecule has 1 nitrogen and oxygen atoms in total. The van der Waals surface area contributed by atoms with E-state index in [1.165, 1.54) is 25.3 Å². The van der Waals surface area contributed by atoms with Gasteiger partial charge in [-0.25, -0.2) is 4.39 Å². The van der Waals surface area contributed by atoms with E-state index < -0.39 is 0 Å². The Bertz CT molecular complexity index is 394. The first kappa shape index (κ1) is 12.9. The first-order chi connectivity index (χ1) is 8.06. The molecule has 0 aliphatic heterocycles. The van der Waals surface area contributed by atoms with E-state index in [9.17, 15) is 4.39 Å². The van der Waals surface area contributed by atoms with Gasteiger partial charge in [0, 0.05) is 11.7 Å². The van der Waals surface area contributed by atoms with E-state index in [1.807, 2.05) is 12.1 Å². The largest absolute Gasteiger partial charge is 0.382 e. The first-order valence-corrected chi connectivity index (χ1v) is 7.07. The van der Waals surface area contributed by atoms with E-state index >= 15 is 0 Å². The van der Waals surface area contributed by atoms with Gasteiger partial charge in [0.15, 0.2) is 0 Å². The van der Waals surface area contributed by atoms with E-state index in [2.05, 4.69) is 35.1 Å². The Morgan fingerprint density at radius 3 is 2.71 bits per heavy atom. The van der Waals surface area contributed by atoms with Crippen LogP contribution in [0.4, 0.5) is 10.1 Å². The molecule has 0 heterocycles. The molecule has 1 aliphatic rings. The summed E-state index contributed by atoms with van der Waals surface area (Å²) in [5.74, 6) is 1.31. The van der Waals surface area contributed by atoms with Crippen LogP contribution in [0.2, 0.25) is 0 Å². The van der Waals surface area contributed by atoms with Crippen molar-refractivity contribution in [2.24, 2.45) is 11.8 Å². The number of nitrogens with one attached hydrogen (secondary N) is 1. The normalized spacial score (nSPS) is 29.1. The number of anilines is 1. The van der Waals surface area contributed by atoms with Crippen molar-refractivity contribution in [2.45, 2.75) is 39.2 Å². The van der Waals surface area contributed by atoms with Crippen LogP contribution in [-0.2, 0) is 0 Å². The van der Waals surface area contributed by atoms with E-state index in [1.54, 1.807) is 0 Å². The van der Waals surface area contributed by atoms with E-state index in [-0.39, 0.29) is 5.82 Å². The fourth-order valence-electron chi connectivity index (χ4n) is 2.68. The molecule has 3 unspecified atom stereocenters. The predicted octanol–water partition coefficient (Wildman–Crippen LogP) is 4.82. The summed E-state index contributed by atoms with van der Waals surface area (Å²) < 4.78 is 13.7. The smallest absolute Gasteiger partial charge is 0.137 e. The quantitative estimate of drug-likeness (QED) is 0.825. The molecule has 0 bridgehead atoms. The van der Waals surface area contributed by atoms with Crippen LogP contribution in [0.1, 0.15) is 33.1 Å². The summed E-state index contributed by atoms with van der Waals surface area (Å²) >= 11 is 3.22. The van der Waals surface area contributed by atoms with Gasteiger partial charge in [-0.05, 0) is 65.2 Å². The maximum atomic E-state index is 13.1. The van der Waals surface area contributed by atoms with Crippen molar-refractivity contribution in [1.82, 2.24) is 0 Å². The molecule has 17 heavy (non-hydrogen) atoms. The van der Waals surface area contributed by atoms with Crippen LogP contribution >= 0.6 is 15.9 Å². The molecule has 3 heteroatoms. The predicted molar refractivity (Wildman–Crippen MR) is 73.7 cm³/mol. The van der Waals surface area contributed by atoms with Gasteiger partial charge in [0.05, 0.1) is 4.47 Å². The highest BCUT2D eigenvalue weighted by Gasteiger charge is 2.25. The van der Waals surface area contributed by atoms with Gasteiger partial charge in [-0.15, -0.1) is 0 Å². The van der Waals surface area contributed by atoms with Crippen molar-refractivity contribution in [3.63, 3.8) is 0 Å². The summed E-state index contributed by atoms with van der Waals surface area (Å²) in [6, 6.07) is 5.65. The number of halogens is 2. The third kappa shape index (κ3) is 3.21. The van der Waals surface area contributed by atoms with Gasteiger partial charge >= 0.3 is 0 Å². The lowest BCUT2D eigenvalue weighted by atomic mass is 9.80. The van der Waals surface area contributed by atoms with Crippen molar-refractivity contribution in [3.05, 3.63) is 28.5 Å². The van der Waals surface area contributed by atoms with Crippen LogP contribution in [-0.4, -0.2) is 6.04 Å². The van der Waals surface area contributed by atoms with E-state index in [4.69, 9.17) is 0 Å². The van der Waals surface area contributed by atoms with Crippen molar-refractivity contribution in [1.29, 1.82) is 0 Å². The SMILES string of the molecule is CC1CCC(Nc2ccc(F)c(Br)c2)C(C)C1. The van der Waals surface area contributed by atoms with Gasteiger partial charge in [-0.1, -0.05) is 13.8 Å². The molecule has 1 saturated carbocycles. The zero-order valence-corrected chi connectivity index (χ0v) is 11.9. The fraction of sp³-hybridized carbons (Fsp3) is 0.571. The highest BCUT2D eigenvalue weighted by molar-refractivity contribution is 9.10. The minimum atomic E-state index is -0.208. The van der Waals surface area contributed by atoms with Crippen molar-refractivity contribution in [2.75, 3.05) is 5.32 Å². The zero-order chi connectivity index (χ0) is 12.4. The Labute approximate surface area is 111 Å². The third-order valence-electron chi connectivity index (χ3n) is 3.70. The third-order valence-corrected chi connectivity index (χ3v) is 4.31. The second kappa shape index (κ2) is 5.38. The van der Waals surface area contributed by atoms with Gasteiger partial charge < -0.3 is 5.32 Å². The van der Waals surface area contributed by atoms with E-state index in [0.29, 0.717) is 16.4 Å². The second-order valence-corrected chi connectivity index (χ2v) is 6.13. The molecule has 94 valence electrons. The summed E-state index contributed by atoms with van der Waals surface area (Å²) in [7, 11) is 0. The second-order valence-electron chi connectivity index (χ2n) is 5.28. The Morgan fingerprint density at radius 2 is 2.06 bits per heavy atom. The molecule has 0 radical (unpaired) electrons. The lowest BCUT2D eigenvalue weighted by Gasteiger charge is -2.33. The number of hydrogen-bond donors (Lipinski definition) is 1. The van der Waals surface area contributed by atoms with Gasteiger partial charge in [0.1, 0.15) is 5.82 Å².